The molecule has 0 radical (unpaired) electrons. The highest BCUT2D eigenvalue weighted by molar-refractivity contribution is 14.1. The van der Waals surface area contributed by atoms with Crippen LogP contribution in [0.1, 0.15) is 18.4 Å². The average molecular weight is 339 g/mol. The van der Waals surface area contributed by atoms with E-state index in [-0.39, 0.29) is 0 Å². The topological polar surface area (TPSA) is 37.8 Å². The fourth-order valence-electron chi connectivity index (χ4n) is 1.55. The van der Waals surface area contributed by atoms with Crippen molar-refractivity contribution in [3.05, 3.63) is 51.9 Å². The van der Waals surface area contributed by atoms with Crippen molar-refractivity contribution >= 4 is 28.5 Å². The molecule has 1 N–H and O–H groups in total. The van der Waals surface area contributed by atoms with Crippen LogP contribution in [0.5, 0.6) is 0 Å². The number of aromatic nitrogens is 2. The first-order valence-electron chi connectivity index (χ1n) is 5.52. The van der Waals surface area contributed by atoms with Gasteiger partial charge in [-0.15, -0.1) is 0 Å². The molecule has 17 heavy (non-hydrogen) atoms. The number of rotatable bonds is 4. The van der Waals surface area contributed by atoms with Gasteiger partial charge < -0.3 is 5.32 Å². The minimum atomic E-state index is 0.444. The maximum Gasteiger partial charge on any atom is 0.222 e. The highest BCUT2D eigenvalue weighted by atomic mass is 127. The first kappa shape index (κ1) is 12.3. The molecule has 0 bridgehead atoms. The Bertz CT molecular complexity index is 456. The van der Waals surface area contributed by atoms with Crippen molar-refractivity contribution in [2.45, 2.75) is 12.8 Å². The molecule has 1 aromatic carbocycles. The summed E-state index contributed by atoms with van der Waals surface area (Å²) in [5.41, 5.74) is 1.32. The molecule has 0 aliphatic rings. The molecule has 88 valence electrons. The van der Waals surface area contributed by atoms with E-state index < -0.39 is 0 Å². The molecule has 1 unspecified atom stereocenters. The Morgan fingerprint density at radius 3 is 2.47 bits per heavy atom. The van der Waals surface area contributed by atoms with Gasteiger partial charge in [0.25, 0.3) is 0 Å². The first-order chi connectivity index (χ1) is 8.25. The van der Waals surface area contributed by atoms with Crippen LogP contribution in [-0.4, -0.2) is 16.5 Å². The third kappa shape index (κ3) is 3.66. The van der Waals surface area contributed by atoms with Crippen LogP contribution in [0.4, 0.5) is 5.95 Å². The summed E-state index contributed by atoms with van der Waals surface area (Å²) in [6, 6.07) is 10.4. The van der Waals surface area contributed by atoms with E-state index in [1.807, 2.05) is 18.5 Å². The average Bonchev–Trinajstić information content (AvgIpc) is 2.39. The van der Waals surface area contributed by atoms with Gasteiger partial charge in [0.2, 0.25) is 5.95 Å². The van der Waals surface area contributed by atoms with Crippen molar-refractivity contribution in [2.24, 2.45) is 0 Å². The molecule has 2 aromatic rings. The van der Waals surface area contributed by atoms with Crippen molar-refractivity contribution in [2.75, 3.05) is 11.9 Å². The second kappa shape index (κ2) is 5.95. The first-order valence-corrected chi connectivity index (χ1v) is 6.60. The van der Waals surface area contributed by atoms with E-state index in [0.717, 1.165) is 10.1 Å². The predicted molar refractivity (Wildman–Crippen MR) is 78.1 cm³/mol. The van der Waals surface area contributed by atoms with Crippen LogP contribution in [0.25, 0.3) is 0 Å². The highest BCUT2D eigenvalue weighted by Crippen LogP contribution is 2.14. The summed E-state index contributed by atoms with van der Waals surface area (Å²) in [7, 11) is 0. The summed E-state index contributed by atoms with van der Waals surface area (Å²) in [5.74, 6) is 1.13. The van der Waals surface area contributed by atoms with Crippen molar-refractivity contribution in [3.8, 4) is 0 Å². The van der Waals surface area contributed by atoms with Gasteiger partial charge in [0.15, 0.2) is 0 Å². The zero-order valence-electron chi connectivity index (χ0n) is 9.60. The van der Waals surface area contributed by atoms with Gasteiger partial charge in [-0.1, -0.05) is 37.3 Å². The largest absolute Gasteiger partial charge is 0.354 e. The SMILES string of the molecule is CC(CNc1ncc(I)cn1)c1ccccc1. The molecule has 0 aliphatic heterocycles. The molecule has 0 spiro atoms. The molecule has 0 saturated carbocycles. The van der Waals surface area contributed by atoms with Gasteiger partial charge in [-0.05, 0) is 34.1 Å². The third-order valence-corrected chi connectivity index (χ3v) is 3.11. The molecular formula is C13H14IN3. The van der Waals surface area contributed by atoms with Crippen LogP contribution in [0.15, 0.2) is 42.7 Å². The van der Waals surface area contributed by atoms with E-state index >= 15 is 0 Å². The Morgan fingerprint density at radius 2 is 1.82 bits per heavy atom. The molecule has 3 nitrogen and oxygen atoms in total. The Hall–Kier alpha value is -1.17. The molecule has 2 rings (SSSR count). The lowest BCUT2D eigenvalue weighted by Crippen LogP contribution is -2.11. The molecular weight excluding hydrogens is 325 g/mol. The molecule has 1 heterocycles. The van der Waals surface area contributed by atoms with E-state index in [1.165, 1.54) is 5.56 Å². The fourth-order valence-corrected chi connectivity index (χ4v) is 1.83. The van der Waals surface area contributed by atoms with Crippen molar-refractivity contribution in [3.63, 3.8) is 0 Å². The molecule has 4 heteroatoms. The number of anilines is 1. The van der Waals surface area contributed by atoms with Crippen LogP contribution in [-0.2, 0) is 0 Å². The molecule has 1 aromatic heterocycles. The summed E-state index contributed by atoms with van der Waals surface area (Å²) < 4.78 is 1.05. The number of benzene rings is 1. The lowest BCUT2D eigenvalue weighted by atomic mass is 10.0. The second-order valence-corrected chi connectivity index (χ2v) is 5.16. The van der Waals surface area contributed by atoms with Crippen molar-refractivity contribution in [1.82, 2.24) is 9.97 Å². The number of hydrogen-bond acceptors (Lipinski definition) is 3. The lowest BCUT2D eigenvalue weighted by Gasteiger charge is -2.12. The Balaban J connectivity index is 1.92. The van der Waals surface area contributed by atoms with Gasteiger partial charge >= 0.3 is 0 Å². The normalized spacial score (nSPS) is 12.1. The fraction of sp³-hybridized carbons (Fsp3) is 0.231. The summed E-state index contributed by atoms with van der Waals surface area (Å²) in [5, 5.41) is 3.24. The van der Waals surface area contributed by atoms with Crippen LogP contribution in [0.2, 0.25) is 0 Å². The summed E-state index contributed by atoms with van der Waals surface area (Å²) in [4.78, 5) is 8.43. The van der Waals surface area contributed by atoms with Crippen LogP contribution in [0.3, 0.4) is 0 Å². The van der Waals surface area contributed by atoms with Crippen LogP contribution >= 0.6 is 22.6 Å². The summed E-state index contributed by atoms with van der Waals surface area (Å²) >= 11 is 2.19. The Morgan fingerprint density at radius 1 is 1.18 bits per heavy atom. The van der Waals surface area contributed by atoms with Crippen LogP contribution < -0.4 is 5.32 Å². The van der Waals surface area contributed by atoms with E-state index in [1.54, 1.807) is 0 Å². The molecule has 0 aliphatic carbocycles. The standard InChI is InChI=1S/C13H14IN3/c1-10(11-5-3-2-4-6-11)7-15-13-16-8-12(14)9-17-13/h2-6,8-10H,7H2,1H3,(H,15,16,17). The van der Waals surface area contributed by atoms with Gasteiger partial charge in [-0.25, -0.2) is 9.97 Å². The van der Waals surface area contributed by atoms with Crippen molar-refractivity contribution in [1.29, 1.82) is 0 Å². The van der Waals surface area contributed by atoms with E-state index in [2.05, 4.69) is 69.1 Å². The van der Waals surface area contributed by atoms with Gasteiger partial charge in [0.1, 0.15) is 0 Å². The minimum absolute atomic E-state index is 0.444. The van der Waals surface area contributed by atoms with Crippen LogP contribution in [0, 0.1) is 3.57 Å². The smallest absolute Gasteiger partial charge is 0.222 e. The zero-order valence-corrected chi connectivity index (χ0v) is 11.8. The quantitative estimate of drug-likeness (QED) is 0.869. The number of hydrogen-bond donors (Lipinski definition) is 1. The molecule has 1 atom stereocenters. The van der Waals surface area contributed by atoms with E-state index in [9.17, 15) is 0 Å². The van der Waals surface area contributed by atoms with Crippen molar-refractivity contribution < 1.29 is 0 Å². The summed E-state index contributed by atoms with van der Waals surface area (Å²) in [6.07, 6.45) is 3.62. The summed E-state index contributed by atoms with van der Waals surface area (Å²) in [6.45, 7) is 3.03. The van der Waals surface area contributed by atoms with E-state index in [4.69, 9.17) is 0 Å². The predicted octanol–water partition coefficient (Wildman–Crippen LogP) is 3.30. The number of nitrogens with zero attached hydrogens (tertiary/aromatic N) is 2. The van der Waals surface area contributed by atoms with Gasteiger partial charge in [0.05, 0.1) is 0 Å². The minimum Gasteiger partial charge on any atom is -0.354 e. The highest BCUT2D eigenvalue weighted by Gasteiger charge is 2.05. The molecule has 0 saturated heterocycles. The van der Waals surface area contributed by atoms with Gasteiger partial charge in [-0.2, -0.15) is 0 Å². The second-order valence-electron chi connectivity index (χ2n) is 3.92. The Labute approximate surface area is 115 Å². The molecule has 0 amide bonds. The number of nitrogens with one attached hydrogen (secondary N) is 1. The Kier molecular flexibility index (Phi) is 4.30. The van der Waals surface area contributed by atoms with Gasteiger partial charge in [-0.3, -0.25) is 0 Å². The molecule has 0 fully saturated rings. The maximum absolute atomic E-state index is 4.21. The number of halogens is 1. The third-order valence-electron chi connectivity index (χ3n) is 2.56. The zero-order chi connectivity index (χ0) is 12.1. The van der Waals surface area contributed by atoms with Gasteiger partial charge in [0, 0.05) is 22.5 Å². The monoisotopic (exact) mass is 339 g/mol. The maximum atomic E-state index is 4.21. The lowest BCUT2D eigenvalue weighted by molar-refractivity contribution is 0.796. The van der Waals surface area contributed by atoms with E-state index in [0.29, 0.717) is 11.9 Å².